The van der Waals surface area contributed by atoms with E-state index in [4.69, 9.17) is 5.11 Å². The summed E-state index contributed by atoms with van der Waals surface area (Å²) in [5, 5.41) is 12.4. The van der Waals surface area contributed by atoms with Crippen molar-refractivity contribution in [1.82, 2.24) is 14.5 Å². The maximum absolute atomic E-state index is 9.17. The van der Waals surface area contributed by atoms with E-state index >= 15 is 0 Å². The molecule has 0 aliphatic rings. The molecule has 0 aromatic carbocycles. The van der Waals surface area contributed by atoms with Gasteiger partial charge in [0.25, 0.3) is 0 Å². The fourth-order valence-electron chi connectivity index (χ4n) is 1.80. The van der Waals surface area contributed by atoms with Crippen LogP contribution in [0.3, 0.4) is 0 Å². The van der Waals surface area contributed by atoms with E-state index in [1.54, 1.807) is 19.4 Å². The number of hydrogen-bond donors (Lipinski definition) is 2. The van der Waals surface area contributed by atoms with Crippen molar-refractivity contribution in [3.8, 4) is 0 Å². The molecule has 0 saturated heterocycles. The third kappa shape index (κ3) is 2.74. The lowest BCUT2D eigenvalue weighted by Crippen LogP contribution is -2.07. The molecule has 0 fully saturated rings. The van der Waals surface area contributed by atoms with Crippen LogP contribution >= 0.6 is 0 Å². The number of imidazole rings is 1. The zero-order valence-corrected chi connectivity index (χ0v) is 10.2. The minimum Gasteiger partial charge on any atom is -0.393 e. The normalized spacial score (nSPS) is 12.9. The van der Waals surface area contributed by atoms with Gasteiger partial charge in [0, 0.05) is 19.8 Å². The first-order chi connectivity index (χ1) is 8.18. The van der Waals surface area contributed by atoms with Gasteiger partial charge in [-0.3, -0.25) is 0 Å². The minimum atomic E-state index is -0.240. The van der Waals surface area contributed by atoms with Gasteiger partial charge in [-0.2, -0.15) is 0 Å². The highest BCUT2D eigenvalue weighted by Crippen LogP contribution is 2.18. The third-order valence-electron chi connectivity index (χ3n) is 2.73. The van der Waals surface area contributed by atoms with Gasteiger partial charge in [0.05, 0.1) is 17.9 Å². The maximum atomic E-state index is 9.17. The summed E-state index contributed by atoms with van der Waals surface area (Å²) < 4.78 is 1.97. The molecule has 2 aromatic heterocycles. The van der Waals surface area contributed by atoms with Crippen LogP contribution in [0.2, 0.25) is 0 Å². The van der Waals surface area contributed by atoms with Crippen molar-refractivity contribution in [2.45, 2.75) is 25.9 Å². The first-order valence-electron chi connectivity index (χ1n) is 5.86. The summed E-state index contributed by atoms with van der Waals surface area (Å²) in [5.41, 5.74) is 1.96. The van der Waals surface area contributed by atoms with Gasteiger partial charge in [0.1, 0.15) is 5.52 Å². The van der Waals surface area contributed by atoms with Crippen molar-refractivity contribution >= 4 is 16.9 Å². The van der Waals surface area contributed by atoms with Gasteiger partial charge in [-0.25, -0.2) is 9.97 Å². The number of anilines is 1. The Hall–Kier alpha value is -1.62. The molecule has 0 saturated carbocycles. The van der Waals surface area contributed by atoms with Gasteiger partial charge in [0.15, 0.2) is 5.82 Å². The fraction of sp³-hybridized carbons (Fsp3) is 0.500. The molecule has 0 amide bonds. The van der Waals surface area contributed by atoms with E-state index in [1.807, 2.05) is 17.7 Å². The SMILES string of the molecule is CC(O)CCCNc1nccc2c1ncn2C. The summed E-state index contributed by atoms with van der Waals surface area (Å²) in [7, 11) is 1.96. The molecular weight excluding hydrogens is 216 g/mol. The average molecular weight is 234 g/mol. The predicted octanol–water partition coefficient (Wildman–Crippen LogP) is 1.54. The van der Waals surface area contributed by atoms with Crippen LogP contribution in [0, 0.1) is 0 Å². The molecule has 1 atom stereocenters. The molecule has 5 heteroatoms. The van der Waals surface area contributed by atoms with Crippen molar-refractivity contribution in [3.63, 3.8) is 0 Å². The predicted molar refractivity (Wildman–Crippen MR) is 67.9 cm³/mol. The number of nitrogens with zero attached hydrogens (tertiary/aromatic N) is 3. The molecule has 5 nitrogen and oxygen atoms in total. The molecule has 2 heterocycles. The number of hydrogen-bond acceptors (Lipinski definition) is 4. The number of aliphatic hydroxyl groups is 1. The molecular formula is C12H18N4O. The highest BCUT2D eigenvalue weighted by molar-refractivity contribution is 5.85. The second-order valence-electron chi connectivity index (χ2n) is 4.30. The Bertz CT molecular complexity index is 492. The van der Waals surface area contributed by atoms with Crippen LogP contribution in [0.4, 0.5) is 5.82 Å². The zero-order chi connectivity index (χ0) is 12.3. The van der Waals surface area contributed by atoms with Gasteiger partial charge in [-0.1, -0.05) is 0 Å². The lowest BCUT2D eigenvalue weighted by molar-refractivity contribution is 0.183. The summed E-state index contributed by atoms with van der Waals surface area (Å²) in [6.45, 7) is 2.60. The topological polar surface area (TPSA) is 63.0 Å². The Balaban J connectivity index is 2.03. The second kappa shape index (κ2) is 5.14. The Morgan fingerprint density at radius 2 is 2.29 bits per heavy atom. The standard InChI is InChI=1S/C12H18N4O/c1-9(17)4-3-6-13-12-11-10(5-7-14-12)16(2)8-15-11/h5,7-9,17H,3-4,6H2,1-2H3,(H,13,14). The number of aliphatic hydroxyl groups excluding tert-OH is 1. The lowest BCUT2D eigenvalue weighted by Gasteiger charge is -2.07. The van der Waals surface area contributed by atoms with Crippen LogP contribution in [0.5, 0.6) is 0 Å². The minimum absolute atomic E-state index is 0.240. The van der Waals surface area contributed by atoms with Crippen LogP contribution in [0.25, 0.3) is 11.0 Å². The van der Waals surface area contributed by atoms with Gasteiger partial charge in [-0.15, -0.1) is 0 Å². The number of pyridine rings is 1. The van der Waals surface area contributed by atoms with Crippen LogP contribution in [-0.2, 0) is 7.05 Å². The Kier molecular flexibility index (Phi) is 3.58. The van der Waals surface area contributed by atoms with Crippen LogP contribution in [0.15, 0.2) is 18.6 Å². The summed E-state index contributed by atoms with van der Waals surface area (Å²) in [6.07, 6.45) is 5.04. The van der Waals surface area contributed by atoms with E-state index in [0.717, 1.165) is 36.2 Å². The average Bonchev–Trinajstić information content (AvgIpc) is 2.67. The first kappa shape index (κ1) is 11.9. The summed E-state index contributed by atoms with van der Waals surface area (Å²) in [5.74, 6) is 0.814. The molecule has 0 spiro atoms. The zero-order valence-electron chi connectivity index (χ0n) is 10.2. The summed E-state index contributed by atoms with van der Waals surface area (Å²) in [4.78, 5) is 8.61. The van der Waals surface area contributed by atoms with E-state index in [0.29, 0.717) is 0 Å². The third-order valence-corrected chi connectivity index (χ3v) is 2.73. The molecule has 92 valence electrons. The summed E-state index contributed by atoms with van der Waals surface area (Å²) >= 11 is 0. The van der Waals surface area contributed by atoms with Crippen LogP contribution < -0.4 is 5.32 Å². The van der Waals surface area contributed by atoms with Crippen molar-refractivity contribution in [3.05, 3.63) is 18.6 Å². The van der Waals surface area contributed by atoms with Crippen molar-refractivity contribution < 1.29 is 5.11 Å². The Morgan fingerprint density at radius 1 is 1.47 bits per heavy atom. The number of rotatable bonds is 5. The molecule has 2 aromatic rings. The number of aryl methyl sites for hydroxylation is 1. The number of nitrogens with one attached hydrogen (secondary N) is 1. The van der Waals surface area contributed by atoms with Crippen molar-refractivity contribution in [2.24, 2.45) is 7.05 Å². The second-order valence-corrected chi connectivity index (χ2v) is 4.30. The van der Waals surface area contributed by atoms with Gasteiger partial charge in [0.2, 0.25) is 0 Å². The van der Waals surface area contributed by atoms with E-state index in [9.17, 15) is 0 Å². The van der Waals surface area contributed by atoms with Crippen LogP contribution in [0.1, 0.15) is 19.8 Å². The van der Waals surface area contributed by atoms with E-state index in [-0.39, 0.29) is 6.10 Å². The molecule has 2 N–H and O–H groups in total. The van der Waals surface area contributed by atoms with E-state index < -0.39 is 0 Å². The Morgan fingerprint density at radius 3 is 3.06 bits per heavy atom. The summed E-state index contributed by atoms with van der Waals surface area (Å²) in [6, 6.07) is 1.95. The number of aromatic nitrogens is 3. The van der Waals surface area contributed by atoms with Crippen LogP contribution in [-0.4, -0.2) is 32.3 Å². The quantitative estimate of drug-likeness (QED) is 0.770. The molecule has 0 aliphatic heterocycles. The number of fused-ring (bicyclic) bond motifs is 1. The Labute approximate surface area is 101 Å². The molecule has 2 rings (SSSR count). The van der Waals surface area contributed by atoms with E-state index in [2.05, 4.69) is 15.3 Å². The van der Waals surface area contributed by atoms with Crippen molar-refractivity contribution in [1.29, 1.82) is 0 Å². The molecule has 17 heavy (non-hydrogen) atoms. The molecule has 0 bridgehead atoms. The first-order valence-corrected chi connectivity index (χ1v) is 5.86. The maximum Gasteiger partial charge on any atom is 0.154 e. The van der Waals surface area contributed by atoms with E-state index in [1.165, 1.54) is 0 Å². The largest absolute Gasteiger partial charge is 0.393 e. The molecule has 1 unspecified atom stereocenters. The highest BCUT2D eigenvalue weighted by Gasteiger charge is 2.05. The van der Waals surface area contributed by atoms with Crippen molar-refractivity contribution in [2.75, 3.05) is 11.9 Å². The van der Waals surface area contributed by atoms with Gasteiger partial charge < -0.3 is 15.0 Å². The van der Waals surface area contributed by atoms with Gasteiger partial charge >= 0.3 is 0 Å². The fourth-order valence-corrected chi connectivity index (χ4v) is 1.80. The monoisotopic (exact) mass is 234 g/mol. The molecule has 0 aliphatic carbocycles. The molecule has 0 radical (unpaired) electrons. The van der Waals surface area contributed by atoms with Gasteiger partial charge in [-0.05, 0) is 25.8 Å². The lowest BCUT2D eigenvalue weighted by atomic mass is 10.2. The highest BCUT2D eigenvalue weighted by atomic mass is 16.3. The smallest absolute Gasteiger partial charge is 0.154 e.